The molecule has 2 aromatic carbocycles. The van der Waals surface area contributed by atoms with Gasteiger partial charge < -0.3 is 9.64 Å². The number of aliphatic imine (C=N–C) groups is 1. The molecule has 0 radical (unpaired) electrons. The van der Waals surface area contributed by atoms with Gasteiger partial charge in [-0.3, -0.25) is 9.89 Å². The molecule has 0 saturated carbocycles. The average Bonchev–Trinajstić information content (AvgIpc) is 3.36. The van der Waals surface area contributed by atoms with Crippen LogP contribution in [0, 0.1) is 0 Å². The number of fused-ring (bicyclic) bond motifs is 2. The maximum atomic E-state index is 5.76. The molecular weight excluding hydrogens is 322 g/mol. The van der Waals surface area contributed by atoms with Gasteiger partial charge in [0.2, 0.25) is 0 Å². The van der Waals surface area contributed by atoms with Crippen LogP contribution in [-0.2, 0) is 6.42 Å². The molecule has 0 aliphatic carbocycles. The Morgan fingerprint density at radius 3 is 2.77 bits per heavy atom. The van der Waals surface area contributed by atoms with Crippen LogP contribution in [0.25, 0.3) is 0 Å². The molecule has 0 amide bonds. The van der Waals surface area contributed by atoms with E-state index in [0.29, 0.717) is 0 Å². The van der Waals surface area contributed by atoms with Gasteiger partial charge in [0.1, 0.15) is 17.4 Å². The molecular formula is C22H23N3O. The van der Waals surface area contributed by atoms with Crippen molar-refractivity contribution in [2.45, 2.75) is 25.7 Å². The van der Waals surface area contributed by atoms with Crippen molar-refractivity contribution in [1.82, 2.24) is 4.90 Å². The molecule has 26 heavy (non-hydrogen) atoms. The Balaban J connectivity index is 1.68. The second-order valence-corrected chi connectivity index (χ2v) is 7.01. The highest BCUT2D eigenvalue weighted by molar-refractivity contribution is 5.89. The van der Waals surface area contributed by atoms with Crippen molar-refractivity contribution < 1.29 is 4.74 Å². The molecule has 0 aromatic heterocycles. The van der Waals surface area contributed by atoms with Crippen molar-refractivity contribution in [2.75, 3.05) is 25.1 Å². The molecule has 0 bridgehead atoms. The summed E-state index contributed by atoms with van der Waals surface area (Å²) in [5.41, 5.74) is 5.09. The minimum absolute atomic E-state index is 0.929. The number of amidine groups is 1. The molecule has 4 nitrogen and oxygen atoms in total. The molecule has 0 spiro atoms. The number of para-hydroxylation sites is 2. The van der Waals surface area contributed by atoms with Crippen LogP contribution in [0.4, 0.5) is 11.4 Å². The van der Waals surface area contributed by atoms with Gasteiger partial charge in [-0.05, 0) is 42.2 Å². The fourth-order valence-corrected chi connectivity index (χ4v) is 4.34. The topological polar surface area (TPSA) is 28.1 Å². The number of benzene rings is 2. The summed E-state index contributed by atoms with van der Waals surface area (Å²) in [7, 11) is 1.76. The van der Waals surface area contributed by atoms with Gasteiger partial charge in [-0.25, -0.2) is 0 Å². The smallest absolute Gasteiger partial charge is 0.143 e. The maximum absolute atomic E-state index is 5.76. The molecule has 3 aliphatic rings. The van der Waals surface area contributed by atoms with E-state index < -0.39 is 0 Å². The highest BCUT2D eigenvalue weighted by Gasteiger charge is 2.33. The molecule has 0 atom stereocenters. The zero-order valence-electron chi connectivity index (χ0n) is 15.1. The molecule has 0 saturated heterocycles. The minimum Gasteiger partial charge on any atom is -0.495 e. The first-order valence-electron chi connectivity index (χ1n) is 9.42. The molecule has 0 fully saturated rings. The summed E-state index contributed by atoms with van der Waals surface area (Å²) in [4.78, 5) is 9.56. The molecule has 0 N–H and O–H groups in total. The molecule has 132 valence electrons. The largest absolute Gasteiger partial charge is 0.495 e. The summed E-state index contributed by atoms with van der Waals surface area (Å²) in [5, 5.41) is 0. The summed E-state index contributed by atoms with van der Waals surface area (Å²) < 4.78 is 5.76. The first-order valence-corrected chi connectivity index (χ1v) is 9.42. The molecule has 2 aromatic rings. The van der Waals surface area contributed by atoms with E-state index in [1.165, 1.54) is 34.2 Å². The van der Waals surface area contributed by atoms with Crippen LogP contribution in [0.2, 0.25) is 0 Å². The van der Waals surface area contributed by atoms with Crippen molar-refractivity contribution in [3.63, 3.8) is 0 Å². The van der Waals surface area contributed by atoms with Crippen molar-refractivity contribution in [3.05, 3.63) is 65.5 Å². The van der Waals surface area contributed by atoms with Gasteiger partial charge in [0.15, 0.2) is 0 Å². The van der Waals surface area contributed by atoms with Crippen LogP contribution in [0.1, 0.15) is 30.4 Å². The zero-order valence-corrected chi connectivity index (χ0v) is 15.1. The van der Waals surface area contributed by atoms with Gasteiger partial charge in [-0.2, -0.15) is 0 Å². The number of ether oxygens (including phenoxy) is 1. The predicted octanol–water partition coefficient (Wildman–Crippen LogP) is 4.48. The van der Waals surface area contributed by atoms with Crippen LogP contribution >= 0.6 is 0 Å². The Bertz CT molecular complexity index is 915. The molecule has 0 unspecified atom stereocenters. The lowest BCUT2D eigenvalue weighted by atomic mass is 9.95. The highest BCUT2D eigenvalue weighted by atomic mass is 16.5. The third-order valence-corrected chi connectivity index (χ3v) is 5.49. The Morgan fingerprint density at radius 2 is 1.92 bits per heavy atom. The fraction of sp³-hybridized carbons (Fsp3) is 0.318. The summed E-state index contributed by atoms with van der Waals surface area (Å²) in [5.74, 6) is 3.38. The highest BCUT2D eigenvalue weighted by Crippen LogP contribution is 2.47. The number of rotatable bonds is 2. The van der Waals surface area contributed by atoms with Crippen LogP contribution in [0.5, 0.6) is 5.75 Å². The summed E-state index contributed by atoms with van der Waals surface area (Å²) in [6, 6.07) is 15.1. The summed E-state index contributed by atoms with van der Waals surface area (Å²) in [6.07, 6.45) is 6.57. The third kappa shape index (κ3) is 2.32. The predicted molar refractivity (Wildman–Crippen MR) is 105 cm³/mol. The Hall–Kier alpha value is -2.75. The van der Waals surface area contributed by atoms with Crippen molar-refractivity contribution in [3.8, 4) is 5.75 Å². The standard InChI is InChI=1S/C22H23N3O/c1-26-19-10-4-8-17-15-16-7-2-3-9-18(16)25(22(17)19)21-12-6-14-24(21)20-11-5-13-23-20/h2-4,7-10,12H,5-6,11,13-15H2,1H3. The third-order valence-electron chi connectivity index (χ3n) is 5.49. The van der Waals surface area contributed by atoms with Gasteiger partial charge in [-0.1, -0.05) is 30.3 Å². The zero-order chi connectivity index (χ0) is 17.5. The normalized spacial score (nSPS) is 18.3. The number of anilines is 2. The molecule has 3 aliphatic heterocycles. The van der Waals surface area contributed by atoms with Gasteiger partial charge in [0.25, 0.3) is 0 Å². The van der Waals surface area contributed by atoms with Crippen molar-refractivity contribution in [2.24, 2.45) is 4.99 Å². The summed E-state index contributed by atoms with van der Waals surface area (Å²) >= 11 is 0. The van der Waals surface area contributed by atoms with Crippen molar-refractivity contribution in [1.29, 1.82) is 0 Å². The number of nitrogens with zero attached hydrogens (tertiary/aromatic N) is 3. The average molecular weight is 345 g/mol. The summed E-state index contributed by atoms with van der Waals surface area (Å²) in [6.45, 7) is 1.97. The first-order chi connectivity index (χ1) is 12.9. The number of hydrogen-bond donors (Lipinski definition) is 0. The monoisotopic (exact) mass is 345 g/mol. The van der Waals surface area contributed by atoms with Crippen LogP contribution < -0.4 is 9.64 Å². The second-order valence-electron chi connectivity index (χ2n) is 7.01. The number of methoxy groups -OCH3 is 1. The van der Waals surface area contributed by atoms with E-state index in [1.807, 2.05) is 0 Å². The van der Waals surface area contributed by atoms with Crippen LogP contribution in [0.3, 0.4) is 0 Å². The first kappa shape index (κ1) is 15.5. The van der Waals surface area contributed by atoms with E-state index in [1.54, 1.807) is 7.11 Å². The van der Waals surface area contributed by atoms with E-state index in [9.17, 15) is 0 Å². The van der Waals surface area contributed by atoms with E-state index >= 15 is 0 Å². The maximum Gasteiger partial charge on any atom is 0.143 e. The lowest BCUT2D eigenvalue weighted by Crippen LogP contribution is -2.36. The fourth-order valence-electron chi connectivity index (χ4n) is 4.34. The van der Waals surface area contributed by atoms with E-state index in [2.05, 4.69) is 58.3 Å². The molecule has 4 heteroatoms. The second kappa shape index (κ2) is 6.20. The van der Waals surface area contributed by atoms with E-state index in [0.717, 1.165) is 44.5 Å². The van der Waals surface area contributed by atoms with Crippen LogP contribution in [-0.4, -0.2) is 30.9 Å². The van der Waals surface area contributed by atoms with Gasteiger partial charge >= 0.3 is 0 Å². The SMILES string of the molecule is COc1cccc2c1N(C1=CCCN1C1=NCCC1)c1ccccc1C2. The number of hydrogen-bond acceptors (Lipinski definition) is 4. The Morgan fingerprint density at radius 1 is 1.04 bits per heavy atom. The van der Waals surface area contributed by atoms with Gasteiger partial charge in [-0.15, -0.1) is 0 Å². The Kier molecular flexibility index (Phi) is 3.70. The van der Waals surface area contributed by atoms with Gasteiger partial charge in [0.05, 0.1) is 18.5 Å². The van der Waals surface area contributed by atoms with E-state index in [-0.39, 0.29) is 0 Å². The van der Waals surface area contributed by atoms with Crippen molar-refractivity contribution >= 4 is 17.2 Å². The molecule has 3 heterocycles. The lowest BCUT2D eigenvalue weighted by molar-refractivity contribution is 0.414. The lowest BCUT2D eigenvalue weighted by Gasteiger charge is -2.38. The van der Waals surface area contributed by atoms with Gasteiger partial charge in [0, 0.05) is 25.9 Å². The van der Waals surface area contributed by atoms with E-state index in [4.69, 9.17) is 9.73 Å². The Labute approximate surface area is 154 Å². The van der Waals surface area contributed by atoms with Crippen LogP contribution in [0.15, 0.2) is 59.4 Å². The quantitative estimate of drug-likeness (QED) is 0.803. The minimum atomic E-state index is 0.929. The molecule has 5 rings (SSSR count).